The molecule has 0 bridgehead atoms. The zero-order valence-electron chi connectivity index (χ0n) is 12.4. The van der Waals surface area contributed by atoms with Crippen molar-refractivity contribution >= 4 is 60.6 Å². The van der Waals surface area contributed by atoms with Gasteiger partial charge in [-0.25, -0.2) is 9.59 Å². The van der Waals surface area contributed by atoms with Crippen LogP contribution in [0.4, 0.5) is 4.79 Å². The smallest absolute Gasteiger partial charge is 0.328 e. The number of methoxy groups -OCH3 is 1. The highest BCUT2D eigenvalue weighted by Gasteiger charge is 2.34. The highest BCUT2D eigenvalue weighted by atomic mass is 128. The maximum atomic E-state index is 12.3. The minimum Gasteiger partial charge on any atom is -0.467 e. The molecule has 9 heteroatoms. The van der Waals surface area contributed by atoms with Gasteiger partial charge in [-0.15, -0.1) is 11.3 Å². The van der Waals surface area contributed by atoms with Crippen molar-refractivity contribution < 1.29 is 14.3 Å². The predicted octanol–water partition coefficient (Wildman–Crippen LogP) is 3.54. The summed E-state index contributed by atoms with van der Waals surface area (Å²) in [7, 11) is 1.33. The van der Waals surface area contributed by atoms with Crippen LogP contribution in [0.1, 0.15) is 31.1 Å². The fourth-order valence-electron chi connectivity index (χ4n) is 1.94. The number of hydrogen-bond donors (Lipinski definition) is 1. The second-order valence-electron chi connectivity index (χ2n) is 4.76. The molecule has 1 aromatic rings. The lowest BCUT2D eigenvalue weighted by atomic mass is 10.2. The first kappa shape index (κ1) is 19.9. The minimum absolute atomic E-state index is 0.210. The highest BCUT2D eigenvalue weighted by Crippen LogP contribution is 2.29. The average Bonchev–Trinajstić information content (AvgIpc) is 3.27. The molecule has 1 aliphatic rings. The molecule has 6 nitrogen and oxygen atoms in total. The number of aromatic nitrogens is 1. The molecule has 1 saturated carbocycles. The van der Waals surface area contributed by atoms with Gasteiger partial charge in [0.2, 0.25) is 0 Å². The summed E-state index contributed by atoms with van der Waals surface area (Å²) in [5, 5.41) is 2.75. The first-order chi connectivity index (χ1) is 10.7. The molecule has 124 valence electrons. The number of rotatable bonds is 6. The van der Waals surface area contributed by atoms with Gasteiger partial charge in [0.1, 0.15) is 6.04 Å². The lowest BCUT2D eigenvalue weighted by Crippen LogP contribution is -2.48. The van der Waals surface area contributed by atoms with E-state index < -0.39 is 12.0 Å². The third kappa shape index (κ3) is 6.14. The van der Waals surface area contributed by atoms with Crippen LogP contribution in [0.15, 0.2) is 11.7 Å². The Morgan fingerprint density at radius 3 is 2.68 bits per heavy atom. The Balaban J connectivity index is 0.00000116. The van der Waals surface area contributed by atoms with E-state index in [0.29, 0.717) is 13.0 Å². The molecule has 1 N–H and O–H groups in total. The Morgan fingerprint density at radius 1 is 1.55 bits per heavy atom. The van der Waals surface area contributed by atoms with Crippen molar-refractivity contribution in [2.45, 2.75) is 44.8 Å². The number of thiazole rings is 1. The molecule has 2 rings (SSSR count). The monoisotopic (exact) mass is 551 g/mol. The molecule has 2 amide bonds. The van der Waals surface area contributed by atoms with Crippen LogP contribution in [-0.4, -0.2) is 41.1 Å². The number of hydrogen-bond acceptors (Lipinski definition) is 5. The molecule has 1 heterocycles. The number of halogens is 2. The summed E-state index contributed by atoms with van der Waals surface area (Å²) >= 11 is 5.76. The normalized spacial score (nSPS) is 14.4. The lowest BCUT2D eigenvalue weighted by molar-refractivity contribution is -0.142. The number of ether oxygens (including phenoxy) is 1. The maximum absolute atomic E-state index is 12.3. The zero-order valence-corrected chi connectivity index (χ0v) is 17.6. The number of carbonyl (C=O) groups is 2. The summed E-state index contributed by atoms with van der Waals surface area (Å²) in [5.74, 6) is -0.408. The summed E-state index contributed by atoms with van der Waals surface area (Å²) < 4.78 is 4.69. The molecule has 0 aliphatic heterocycles. The molecule has 1 aliphatic carbocycles. The van der Waals surface area contributed by atoms with Crippen LogP contribution in [0, 0.1) is 0 Å². The van der Waals surface area contributed by atoms with Crippen LogP contribution in [0.2, 0.25) is 0 Å². The topological polar surface area (TPSA) is 71.5 Å². The fourth-order valence-corrected chi connectivity index (χ4v) is 2.54. The van der Waals surface area contributed by atoms with Crippen LogP contribution in [0.5, 0.6) is 0 Å². The van der Waals surface area contributed by atoms with Gasteiger partial charge >= 0.3 is 12.0 Å². The summed E-state index contributed by atoms with van der Waals surface area (Å²) in [6.45, 7) is 2.38. The van der Waals surface area contributed by atoms with E-state index in [1.807, 2.05) is 6.92 Å². The third-order valence-corrected chi connectivity index (χ3v) is 4.01. The molecule has 0 aromatic carbocycles. The molecule has 0 unspecified atom stereocenters. The highest BCUT2D eigenvalue weighted by molar-refractivity contribution is 15.0. The van der Waals surface area contributed by atoms with E-state index in [1.54, 1.807) is 16.6 Å². The van der Waals surface area contributed by atoms with E-state index in [0.717, 1.165) is 17.7 Å². The first-order valence-electron chi connectivity index (χ1n) is 6.82. The molecule has 0 saturated heterocycles. The van der Waals surface area contributed by atoms with Gasteiger partial charge in [0.05, 0.1) is 19.2 Å². The van der Waals surface area contributed by atoms with E-state index in [1.165, 1.54) is 18.4 Å². The Hall–Kier alpha value is -0.170. The summed E-state index contributed by atoms with van der Waals surface area (Å²) in [6.07, 6.45) is 4.31. The Kier molecular flexibility index (Phi) is 9.55. The number of nitrogens with zero attached hydrogens (tertiary/aromatic N) is 2. The van der Waals surface area contributed by atoms with Crippen molar-refractivity contribution in [3.05, 3.63) is 16.6 Å². The van der Waals surface area contributed by atoms with Crippen molar-refractivity contribution in [1.82, 2.24) is 15.2 Å². The fraction of sp³-hybridized carbons (Fsp3) is 0.615. The summed E-state index contributed by atoms with van der Waals surface area (Å²) in [5.41, 5.74) is 1.75. The summed E-state index contributed by atoms with van der Waals surface area (Å²) in [4.78, 5) is 30.7. The average molecular weight is 551 g/mol. The largest absolute Gasteiger partial charge is 0.467 e. The second-order valence-corrected chi connectivity index (χ2v) is 5.73. The van der Waals surface area contributed by atoms with Crippen LogP contribution in [0.3, 0.4) is 0 Å². The van der Waals surface area contributed by atoms with Crippen molar-refractivity contribution in [3.8, 4) is 0 Å². The van der Waals surface area contributed by atoms with Gasteiger partial charge in [-0.05, 0) is 19.3 Å². The van der Waals surface area contributed by atoms with Gasteiger partial charge in [0.25, 0.3) is 0 Å². The molecule has 1 fully saturated rings. The lowest BCUT2D eigenvalue weighted by Gasteiger charge is -2.24. The molecule has 0 radical (unpaired) electrons. The van der Waals surface area contributed by atoms with E-state index in [-0.39, 0.29) is 12.1 Å². The quantitative estimate of drug-likeness (QED) is 0.434. The minimum atomic E-state index is -0.588. The Morgan fingerprint density at radius 2 is 2.23 bits per heavy atom. The number of nitrogens with one attached hydrogen (secondary N) is 1. The van der Waals surface area contributed by atoms with E-state index in [9.17, 15) is 9.59 Å². The number of amides is 2. The third-order valence-electron chi connectivity index (χ3n) is 3.25. The standard InChI is InChI=1S/C13H19N3O3S.I2/c1-3-11(12(17)19-2)15-13(18)16(9-4-5-9)7-10-6-14-8-20-10;1-2/h6,8-9,11H,3-5,7H2,1-2H3,(H,15,18);/t11-;/m0./s1. The van der Waals surface area contributed by atoms with E-state index >= 15 is 0 Å². The number of carbonyl (C=O) groups excluding carboxylic acids is 2. The van der Waals surface area contributed by atoms with E-state index in [4.69, 9.17) is 0 Å². The van der Waals surface area contributed by atoms with Gasteiger partial charge in [-0.1, -0.05) is 6.92 Å². The van der Waals surface area contributed by atoms with Crippen LogP contribution in [0.25, 0.3) is 0 Å². The van der Waals surface area contributed by atoms with Gasteiger partial charge in [0, 0.05) is 54.3 Å². The maximum Gasteiger partial charge on any atom is 0.328 e. The van der Waals surface area contributed by atoms with Crippen molar-refractivity contribution in [2.75, 3.05) is 7.11 Å². The number of esters is 1. The Labute approximate surface area is 157 Å². The molecular formula is C13H19I2N3O3S. The van der Waals surface area contributed by atoms with Crippen LogP contribution >= 0.6 is 48.6 Å². The van der Waals surface area contributed by atoms with Crippen molar-refractivity contribution in [1.29, 1.82) is 0 Å². The Bertz CT molecular complexity index is 469. The van der Waals surface area contributed by atoms with Crippen LogP contribution in [-0.2, 0) is 16.1 Å². The molecule has 1 atom stereocenters. The number of urea groups is 1. The van der Waals surface area contributed by atoms with Crippen molar-refractivity contribution in [2.24, 2.45) is 0 Å². The molecule has 22 heavy (non-hydrogen) atoms. The van der Waals surface area contributed by atoms with Crippen LogP contribution < -0.4 is 5.32 Å². The van der Waals surface area contributed by atoms with Gasteiger partial charge in [0.15, 0.2) is 0 Å². The first-order valence-corrected chi connectivity index (χ1v) is 14.0. The molecule has 1 aromatic heterocycles. The second kappa shape index (κ2) is 10.6. The SMILES string of the molecule is CC[C@H](NC(=O)N(Cc1cncs1)C1CC1)C(=O)OC.II. The van der Waals surface area contributed by atoms with Gasteiger partial charge in [-0.3, -0.25) is 4.98 Å². The van der Waals surface area contributed by atoms with Gasteiger partial charge < -0.3 is 15.0 Å². The predicted molar refractivity (Wildman–Crippen MR) is 103 cm³/mol. The molecule has 0 spiro atoms. The van der Waals surface area contributed by atoms with Gasteiger partial charge in [-0.2, -0.15) is 0 Å². The zero-order chi connectivity index (χ0) is 16.5. The summed E-state index contributed by atoms with van der Waals surface area (Å²) in [6, 6.07) is -0.527. The molecular weight excluding hydrogens is 532 g/mol. The van der Waals surface area contributed by atoms with Crippen molar-refractivity contribution in [3.63, 3.8) is 0 Å². The van der Waals surface area contributed by atoms with E-state index in [2.05, 4.69) is 52.3 Å².